The summed E-state index contributed by atoms with van der Waals surface area (Å²) >= 11 is 0. The van der Waals surface area contributed by atoms with E-state index in [-0.39, 0.29) is 23.8 Å². The van der Waals surface area contributed by atoms with Crippen LogP contribution in [0.1, 0.15) is 44.9 Å². The zero-order valence-electron chi connectivity index (χ0n) is 18.8. The van der Waals surface area contributed by atoms with Gasteiger partial charge in [-0.15, -0.1) is 0 Å². The lowest BCUT2D eigenvalue weighted by atomic mass is 9.96. The summed E-state index contributed by atoms with van der Waals surface area (Å²) in [5.41, 5.74) is 0. The number of hydrogen-bond acceptors (Lipinski definition) is 4. The summed E-state index contributed by atoms with van der Waals surface area (Å²) in [7, 11) is -3.63. The van der Waals surface area contributed by atoms with Crippen LogP contribution in [0.15, 0.2) is 47.4 Å². The Bertz CT molecular complexity index is 1010. The van der Waals surface area contributed by atoms with Gasteiger partial charge in [-0.1, -0.05) is 43.2 Å². The maximum atomic E-state index is 12.6. The molecule has 4 rings (SSSR count). The fourth-order valence-corrected chi connectivity index (χ4v) is 5.98. The maximum absolute atomic E-state index is 12.6. The van der Waals surface area contributed by atoms with E-state index in [9.17, 15) is 13.2 Å². The highest BCUT2D eigenvalue weighted by Crippen LogP contribution is 2.21. The van der Waals surface area contributed by atoms with Gasteiger partial charge < -0.3 is 9.80 Å². The molecule has 2 aromatic rings. The van der Waals surface area contributed by atoms with E-state index in [0.717, 1.165) is 43.2 Å². The van der Waals surface area contributed by atoms with Crippen LogP contribution >= 0.6 is 0 Å². The van der Waals surface area contributed by atoms with Crippen molar-refractivity contribution in [1.82, 2.24) is 14.5 Å². The summed E-state index contributed by atoms with van der Waals surface area (Å²) in [5, 5.41) is 1.88. The summed E-state index contributed by atoms with van der Waals surface area (Å²) in [5.74, 6) is 0.711. The molecule has 2 fully saturated rings. The van der Waals surface area contributed by atoms with E-state index in [4.69, 9.17) is 0 Å². The van der Waals surface area contributed by atoms with Gasteiger partial charge in [-0.25, -0.2) is 13.1 Å². The normalized spacial score (nSPS) is 19.2. The summed E-state index contributed by atoms with van der Waals surface area (Å²) in [6.07, 6.45) is 7.63. The Balaban J connectivity index is 1.21. The molecule has 32 heavy (non-hydrogen) atoms. The van der Waals surface area contributed by atoms with Gasteiger partial charge in [-0.2, -0.15) is 0 Å². The number of carbonyl (C=O) groups excluding carboxylic acids is 1. The second-order valence-corrected chi connectivity index (χ2v) is 11.0. The SMILES string of the molecule is O=C(CCNS(=O)(=O)c1ccc2ccccc2c1)N1CCC(CN2CCCCCC2)CC1. The van der Waals surface area contributed by atoms with Crippen LogP contribution in [0, 0.1) is 5.92 Å². The van der Waals surface area contributed by atoms with E-state index in [2.05, 4.69) is 9.62 Å². The Morgan fingerprint density at radius 2 is 1.59 bits per heavy atom. The van der Waals surface area contributed by atoms with Gasteiger partial charge in [0.25, 0.3) is 0 Å². The van der Waals surface area contributed by atoms with E-state index >= 15 is 0 Å². The Morgan fingerprint density at radius 3 is 2.31 bits per heavy atom. The fourth-order valence-electron chi connectivity index (χ4n) is 4.92. The largest absolute Gasteiger partial charge is 0.343 e. The van der Waals surface area contributed by atoms with Crippen molar-refractivity contribution in [3.05, 3.63) is 42.5 Å². The molecular formula is C25H35N3O3S. The number of fused-ring (bicyclic) bond motifs is 1. The summed E-state index contributed by atoms with van der Waals surface area (Å²) < 4.78 is 27.9. The predicted molar refractivity (Wildman–Crippen MR) is 128 cm³/mol. The number of nitrogens with zero attached hydrogens (tertiary/aromatic N) is 2. The summed E-state index contributed by atoms with van der Waals surface area (Å²) in [6, 6.07) is 12.8. The van der Waals surface area contributed by atoms with Gasteiger partial charge in [0.15, 0.2) is 0 Å². The molecule has 2 aliphatic heterocycles. The molecule has 0 unspecified atom stereocenters. The number of carbonyl (C=O) groups is 1. The molecule has 2 aliphatic rings. The third-order valence-electron chi connectivity index (χ3n) is 6.84. The number of piperidine rings is 1. The second kappa shape index (κ2) is 10.8. The van der Waals surface area contributed by atoms with Crippen LogP contribution in [0.2, 0.25) is 0 Å². The molecule has 0 spiro atoms. The lowest BCUT2D eigenvalue weighted by molar-refractivity contribution is -0.132. The van der Waals surface area contributed by atoms with Crippen molar-refractivity contribution in [2.45, 2.75) is 49.8 Å². The van der Waals surface area contributed by atoms with E-state index in [1.54, 1.807) is 12.1 Å². The lowest BCUT2D eigenvalue weighted by Gasteiger charge is -2.34. The average molecular weight is 458 g/mol. The van der Waals surface area contributed by atoms with Crippen molar-refractivity contribution >= 4 is 26.7 Å². The fraction of sp³-hybridized carbons (Fsp3) is 0.560. The Kier molecular flexibility index (Phi) is 7.81. The lowest BCUT2D eigenvalue weighted by Crippen LogP contribution is -2.42. The molecule has 0 radical (unpaired) electrons. The maximum Gasteiger partial charge on any atom is 0.240 e. The minimum Gasteiger partial charge on any atom is -0.343 e. The minimum absolute atomic E-state index is 0.0411. The molecule has 2 heterocycles. The first kappa shape index (κ1) is 23.2. The van der Waals surface area contributed by atoms with Gasteiger partial charge in [0.05, 0.1) is 4.90 Å². The van der Waals surface area contributed by atoms with Crippen molar-refractivity contribution in [3.63, 3.8) is 0 Å². The number of nitrogens with one attached hydrogen (secondary N) is 1. The molecule has 0 atom stereocenters. The predicted octanol–water partition coefficient (Wildman–Crippen LogP) is 3.62. The smallest absolute Gasteiger partial charge is 0.240 e. The van der Waals surface area contributed by atoms with Crippen LogP contribution < -0.4 is 4.72 Å². The van der Waals surface area contributed by atoms with Crippen molar-refractivity contribution in [2.24, 2.45) is 5.92 Å². The molecule has 6 nitrogen and oxygen atoms in total. The molecule has 1 amide bonds. The molecule has 7 heteroatoms. The molecule has 2 saturated heterocycles. The Labute approximate surface area is 192 Å². The Morgan fingerprint density at radius 1 is 0.906 bits per heavy atom. The summed E-state index contributed by atoms with van der Waals surface area (Å²) in [4.78, 5) is 17.4. The van der Waals surface area contributed by atoms with Crippen LogP contribution in [0.25, 0.3) is 10.8 Å². The van der Waals surface area contributed by atoms with E-state index < -0.39 is 10.0 Å². The number of hydrogen-bond donors (Lipinski definition) is 1. The van der Waals surface area contributed by atoms with Gasteiger partial charge in [0.1, 0.15) is 0 Å². The van der Waals surface area contributed by atoms with E-state index in [1.165, 1.54) is 38.8 Å². The van der Waals surface area contributed by atoms with Gasteiger partial charge in [0.2, 0.25) is 15.9 Å². The van der Waals surface area contributed by atoms with Crippen molar-refractivity contribution in [2.75, 3.05) is 39.3 Å². The highest BCUT2D eigenvalue weighted by Gasteiger charge is 2.25. The van der Waals surface area contributed by atoms with Gasteiger partial charge >= 0.3 is 0 Å². The highest BCUT2D eigenvalue weighted by atomic mass is 32.2. The minimum atomic E-state index is -3.63. The molecular weight excluding hydrogens is 422 g/mol. The number of rotatable bonds is 7. The standard InChI is InChI=1S/C25H35N3O3S/c29-25(28-17-12-21(13-18-28)20-27-15-5-1-2-6-16-27)11-14-26-32(30,31)24-10-9-22-7-3-4-8-23(22)19-24/h3-4,7-10,19,21,26H,1-2,5-6,11-18,20H2. The topological polar surface area (TPSA) is 69.7 Å². The Hall–Kier alpha value is -1.96. The summed E-state index contributed by atoms with van der Waals surface area (Å²) in [6.45, 7) is 5.30. The number of likely N-dealkylation sites (tertiary alicyclic amines) is 2. The monoisotopic (exact) mass is 457 g/mol. The van der Waals surface area contributed by atoms with E-state index in [0.29, 0.717) is 5.92 Å². The second-order valence-electron chi connectivity index (χ2n) is 9.20. The van der Waals surface area contributed by atoms with Crippen molar-refractivity contribution in [3.8, 4) is 0 Å². The highest BCUT2D eigenvalue weighted by molar-refractivity contribution is 7.89. The number of benzene rings is 2. The zero-order valence-corrected chi connectivity index (χ0v) is 19.7. The molecule has 0 saturated carbocycles. The first-order valence-corrected chi connectivity index (χ1v) is 13.5. The van der Waals surface area contributed by atoms with Crippen LogP contribution in [-0.4, -0.2) is 63.4 Å². The van der Waals surface area contributed by atoms with Gasteiger partial charge in [0, 0.05) is 32.6 Å². The van der Waals surface area contributed by atoms with Gasteiger partial charge in [-0.3, -0.25) is 4.79 Å². The van der Waals surface area contributed by atoms with Crippen LogP contribution in [0.5, 0.6) is 0 Å². The third-order valence-corrected chi connectivity index (χ3v) is 8.30. The van der Waals surface area contributed by atoms with Crippen molar-refractivity contribution < 1.29 is 13.2 Å². The molecule has 174 valence electrons. The van der Waals surface area contributed by atoms with Crippen LogP contribution in [0.4, 0.5) is 0 Å². The number of amides is 1. The molecule has 0 bridgehead atoms. The quantitative estimate of drug-likeness (QED) is 0.689. The van der Waals surface area contributed by atoms with Crippen LogP contribution in [0.3, 0.4) is 0 Å². The third kappa shape index (κ3) is 6.09. The first-order chi connectivity index (χ1) is 15.5. The molecule has 2 aromatic carbocycles. The number of sulfonamides is 1. The van der Waals surface area contributed by atoms with Crippen LogP contribution in [-0.2, 0) is 14.8 Å². The average Bonchev–Trinajstić information content (AvgIpc) is 3.07. The molecule has 1 N–H and O–H groups in total. The molecule has 0 aromatic heterocycles. The molecule has 0 aliphatic carbocycles. The first-order valence-electron chi connectivity index (χ1n) is 12.0. The van der Waals surface area contributed by atoms with E-state index in [1.807, 2.05) is 35.2 Å². The zero-order chi connectivity index (χ0) is 22.4. The van der Waals surface area contributed by atoms with Gasteiger partial charge in [-0.05, 0) is 67.6 Å². The van der Waals surface area contributed by atoms with Crippen molar-refractivity contribution in [1.29, 1.82) is 0 Å².